The van der Waals surface area contributed by atoms with E-state index in [0.29, 0.717) is 26.4 Å². The first-order valence-corrected chi connectivity index (χ1v) is 4.59. The molecule has 1 heterocycles. The van der Waals surface area contributed by atoms with Crippen LogP contribution < -0.4 is 5.32 Å². The molecule has 0 bridgehead atoms. The van der Waals surface area contributed by atoms with Crippen molar-refractivity contribution < 1.29 is 14.3 Å². The van der Waals surface area contributed by atoms with E-state index in [1.807, 2.05) is 6.07 Å². The highest BCUT2D eigenvalue weighted by Gasteiger charge is 2.18. The minimum Gasteiger partial charge on any atom is -0.377 e. The van der Waals surface area contributed by atoms with Crippen molar-refractivity contribution in [3.05, 3.63) is 0 Å². The highest BCUT2D eigenvalue weighted by Crippen LogP contribution is 1.98. The SMILES string of the molecule is CC(C#N)C(=O)NC1COCCOC1. The summed E-state index contributed by atoms with van der Waals surface area (Å²) in [6, 6.07) is 1.74. The zero-order valence-electron chi connectivity index (χ0n) is 8.16. The molecule has 1 unspecified atom stereocenters. The van der Waals surface area contributed by atoms with E-state index < -0.39 is 5.92 Å². The van der Waals surface area contributed by atoms with Crippen molar-refractivity contribution in [2.24, 2.45) is 5.92 Å². The molecule has 0 saturated carbocycles. The molecule has 1 aliphatic rings. The van der Waals surface area contributed by atoms with Gasteiger partial charge < -0.3 is 14.8 Å². The molecule has 5 heteroatoms. The number of carbonyl (C=O) groups is 1. The normalized spacial score (nSPS) is 20.6. The fraction of sp³-hybridized carbons (Fsp3) is 0.778. The molecule has 0 aromatic rings. The van der Waals surface area contributed by atoms with Gasteiger partial charge in [0.15, 0.2) is 0 Å². The minimum absolute atomic E-state index is 0.138. The number of amides is 1. The van der Waals surface area contributed by atoms with Crippen LogP contribution in [-0.2, 0) is 14.3 Å². The summed E-state index contributed by atoms with van der Waals surface area (Å²) in [7, 11) is 0. The number of hydrogen-bond donors (Lipinski definition) is 1. The average molecular weight is 198 g/mol. The third-order valence-corrected chi connectivity index (χ3v) is 1.94. The quantitative estimate of drug-likeness (QED) is 0.660. The van der Waals surface area contributed by atoms with Crippen LogP contribution in [0.4, 0.5) is 0 Å². The Hall–Kier alpha value is -1.12. The van der Waals surface area contributed by atoms with Gasteiger partial charge in [0.2, 0.25) is 5.91 Å². The number of nitrogens with zero attached hydrogens (tertiary/aromatic N) is 1. The molecule has 1 fully saturated rings. The van der Waals surface area contributed by atoms with Gasteiger partial charge in [-0.1, -0.05) is 0 Å². The van der Waals surface area contributed by atoms with E-state index in [1.165, 1.54) is 0 Å². The molecule has 0 radical (unpaired) electrons. The summed E-state index contributed by atoms with van der Waals surface area (Å²) < 4.78 is 10.4. The van der Waals surface area contributed by atoms with E-state index in [2.05, 4.69) is 5.32 Å². The summed E-state index contributed by atoms with van der Waals surface area (Å²) in [6.45, 7) is 3.57. The summed E-state index contributed by atoms with van der Waals surface area (Å²) in [5, 5.41) is 11.2. The van der Waals surface area contributed by atoms with E-state index >= 15 is 0 Å². The number of rotatable bonds is 2. The highest BCUT2D eigenvalue weighted by atomic mass is 16.5. The summed E-state index contributed by atoms with van der Waals surface area (Å²) in [5.41, 5.74) is 0. The molecule has 0 aromatic carbocycles. The van der Waals surface area contributed by atoms with Crippen LogP contribution in [0.15, 0.2) is 0 Å². The summed E-state index contributed by atoms with van der Waals surface area (Å²) >= 11 is 0. The van der Waals surface area contributed by atoms with Gasteiger partial charge in [0, 0.05) is 0 Å². The lowest BCUT2D eigenvalue weighted by Gasteiger charge is -2.15. The minimum atomic E-state index is -0.627. The van der Waals surface area contributed by atoms with Gasteiger partial charge in [-0.3, -0.25) is 4.79 Å². The van der Waals surface area contributed by atoms with Gasteiger partial charge in [-0.2, -0.15) is 5.26 Å². The van der Waals surface area contributed by atoms with Gasteiger partial charge in [0.05, 0.1) is 38.5 Å². The Balaban J connectivity index is 2.35. The third kappa shape index (κ3) is 3.32. The number of carbonyl (C=O) groups excluding carboxylic acids is 1. The molecular formula is C9H14N2O3. The van der Waals surface area contributed by atoms with Crippen LogP contribution in [0.3, 0.4) is 0 Å². The molecule has 78 valence electrons. The van der Waals surface area contributed by atoms with Crippen LogP contribution in [0.5, 0.6) is 0 Å². The predicted octanol–water partition coefficient (Wildman–Crippen LogP) is -0.322. The standard InChI is InChI=1S/C9H14N2O3/c1-7(4-10)9(12)11-8-5-13-2-3-14-6-8/h7-8H,2-3,5-6H2,1H3,(H,11,12). The smallest absolute Gasteiger partial charge is 0.237 e. The second kappa shape index (κ2) is 5.58. The number of nitriles is 1. The molecule has 1 saturated heterocycles. The maximum absolute atomic E-state index is 11.3. The number of ether oxygens (including phenoxy) is 2. The molecule has 1 N–H and O–H groups in total. The Morgan fingerprint density at radius 1 is 1.50 bits per heavy atom. The summed E-state index contributed by atoms with van der Waals surface area (Å²) in [4.78, 5) is 11.3. The Kier molecular flexibility index (Phi) is 4.36. The van der Waals surface area contributed by atoms with Crippen molar-refractivity contribution >= 4 is 5.91 Å². The summed E-state index contributed by atoms with van der Waals surface area (Å²) in [6.07, 6.45) is 0. The molecule has 14 heavy (non-hydrogen) atoms. The van der Waals surface area contributed by atoms with Crippen molar-refractivity contribution in [2.45, 2.75) is 13.0 Å². The molecule has 0 aliphatic carbocycles. The van der Waals surface area contributed by atoms with Gasteiger partial charge >= 0.3 is 0 Å². The fourth-order valence-electron chi connectivity index (χ4n) is 1.09. The third-order valence-electron chi connectivity index (χ3n) is 1.94. The predicted molar refractivity (Wildman–Crippen MR) is 48.3 cm³/mol. The number of nitrogens with one attached hydrogen (secondary N) is 1. The first kappa shape index (κ1) is 11.0. The van der Waals surface area contributed by atoms with Crippen molar-refractivity contribution in [1.29, 1.82) is 5.26 Å². The highest BCUT2D eigenvalue weighted by molar-refractivity contribution is 5.80. The van der Waals surface area contributed by atoms with E-state index in [9.17, 15) is 4.79 Å². The second-order valence-corrected chi connectivity index (χ2v) is 3.21. The molecular weight excluding hydrogens is 184 g/mol. The van der Waals surface area contributed by atoms with Crippen molar-refractivity contribution in [3.8, 4) is 6.07 Å². The Morgan fingerprint density at radius 2 is 2.07 bits per heavy atom. The van der Waals surface area contributed by atoms with Gasteiger partial charge in [-0.25, -0.2) is 0 Å². The fourth-order valence-corrected chi connectivity index (χ4v) is 1.09. The van der Waals surface area contributed by atoms with Crippen LogP contribution >= 0.6 is 0 Å². The second-order valence-electron chi connectivity index (χ2n) is 3.21. The maximum atomic E-state index is 11.3. The Labute approximate surface area is 83.0 Å². The van der Waals surface area contributed by atoms with Crippen LogP contribution in [0.25, 0.3) is 0 Å². The molecule has 0 spiro atoms. The molecule has 1 aliphatic heterocycles. The van der Waals surface area contributed by atoms with Crippen LogP contribution in [-0.4, -0.2) is 38.4 Å². The molecule has 0 aromatic heterocycles. The van der Waals surface area contributed by atoms with Crippen molar-refractivity contribution in [1.82, 2.24) is 5.32 Å². The van der Waals surface area contributed by atoms with Crippen LogP contribution in [0.2, 0.25) is 0 Å². The summed E-state index contributed by atoms with van der Waals surface area (Å²) in [5.74, 6) is -0.898. The molecule has 5 nitrogen and oxygen atoms in total. The van der Waals surface area contributed by atoms with Crippen molar-refractivity contribution in [3.63, 3.8) is 0 Å². The zero-order chi connectivity index (χ0) is 10.4. The number of hydrogen-bond acceptors (Lipinski definition) is 4. The van der Waals surface area contributed by atoms with E-state index in [0.717, 1.165) is 0 Å². The maximum Gasteiger partial charge on any atom is 0.237 e. The van der Waals surface area contributed by atoms with Gasteiger partial charge in [-0.15, -0.1) is 0 Å². The van der Waals surface area contributed by atoms with Crippen LogP contribution in [0.1, 0.15) is 6.92 Å². The Morgan fingerprint density at radius 3 is 2.57 bits per heavy atom. The van der Waals surface area contributed by atoms with E-state index in [4.69, 9.17) is 14.7 Å². The van der Waals surface area contributed by atoms with Gasteiger partial charge in [0.1, 0.15) is 5.92 Å². The average Bonchev–Trinajstić information content (AvgIpc) is 2.45. The van der Waals surface area contributed by atoms with Crippen LogP contribution in [0, 0.1) is 17.2 Å². The van der Waals surface area contributed by atoms with Gasteiger partial charge in [0.25, 0.3) is 0 Å². The largest absolute Gasteiger partial charge is 0.377 e. The first-order chi connectivity index (χ1) is 6.74. The Bertz CT molecular complexity index is 229. The first-order valence-electron chi connectivity index (χ1n) is 4.59. The van der Waals surface area contributed by atoms with E-state index in [1.54, 1.807) is 6.92 Å². The lowest BCUT2D eigenvalue weighted by molar-refractivity contribution is -0.124. The van der Waals surface area contributed by atoms with Gasteiger partial charge in [-0.05, 0) is 6.92 Å². The lowest BCUT2D eigenvalue weighted by atomic mass is 10.2. The lowest BCUT2D eigenvalue weighted by Crippen LogP contribution is -2.42. The zero-order valence-corrected chi connectivity index (χ0v) is 8.16. The monoisotopic (exact) mass is 198 g/mol. The van der Waals surface area contributed by atoms with Crippen molar-refractivity contribution in [2.75, 3.05) is 26.4 Å². The molecule has 1 atom stereocenters. The molecule has 1 rings (SSSR count). The molecule has 1 amide bonds. The van der Waals surface area contributed by atoms with E-state index in [-0.39, 0.29) is 11.9 Å². The topological polar surface area (TPSA) is 71.4 Å².